The van der Waals surface area contributed by atoms with Crippen LogP contribution in [0.15, 0.2) is 18.7 Å². The largest absolute Gasteiger partial charge is 0.397 e. The fourth-order valence-corrected chi connectivity index (χ4v) is 3.36. The summed E-state index contributed by atoms with van der Waals surface area (Å²) in [5.74, 6) is -0.138. The molecule has 0 saturated carbocycles. The van der Waals surface area contributed by atoms with Crippen LogP contribution in [0.4, 0.5) is 10.7 Å². The summed E-state index contributed by atoms with van der Waals surface area (Å²) >= 11 is 1.40. The fourth-order valence-electron chi connectivity index (χ4n) is 2.44. The predicted molar refractivity (Wildman–Crippen MR) is 90.0 cm³/mol. The van der Waals surface area contributed by atoms with Crippen molar-refractivity contribution in [1.29, 1.82) is 0 Å². The highest BCUT2D eigenvalue weighted by atomic mass is 32.1. The Labute approximate surface area is 130 Å². The van der Waals surface area contributed by atoms with Crippen LogP contribution in [0.2, 0.25) is 0 Å². The van der Waals surface area contributed by atoms with Crippen LogP contribution in [0.25, 0.3) is 0 Å². The Bertz CT molecular complexity index is 480. The molecule has 0 radical (unpaired) electrons. The highest BCUT2D eigenvalue weighted by molar-refractivity contribution is 7.18. The number of piperidine rings is 1. The summed E-state index contributed by atoms with van der Waals surface area (Å²) < 4.78 is 0. The van der Waals surface area contributed by atoms with E-state index in [0.717, 1.165) is 18.1 Å². The second-order valence-corrected chi connectivity index (χ2v) is 6.28. The van der Waals surface area contributed by atoms with Gasteiger partial charge in [0, 0.05) is 19.6 Å². The normalized spacial score (nSPS) is 15.6. The third-order valence-electron chi connectivity index (χ3n) is 3.55. The van der Waals surface area contributed by atoms with Crippen LogP contribution >= 0.6 is 11.3 Å². The van der Waals surface area contributed by atoms with Crippen molar-refractivity contribution in [3.63, 3.8) is 0 Å². The lowest BCUT2D eigenvalue weighted by molar-refractivity contribution is 0.0963. The van der Waals surface area contributed by atoms with Crippen LogP contribution in [0, 0.1) is 0 Å². The van der Waals surface area contributed by atoms with E-state index in [2.05, 4.69) is 22.1 Å². The molecule has 1 aromatic heterocycles. The van der Waals surface area contributed by atoms with Gasteiger partial charge < -0.3 is 21.3 Å². The van der Waals surface area contributed by atoms with Crippen molar-refractivity contribution in [3.8, 4) is 0 Å². The molecule has 1 aliphatic rings. The van der Waals surface area contributed by atoms with E-state index in [0.29, 0.717) is 17.1 Å². The molecule has 1 aliphatic heterocycles. The van der Waals surface area contributed by atoms with Gasteiger partial charge >= 0.3 is 0 Å². The number of thiophene rings is 1. The van der Waals surface area contributed by atoms with Crippen molar-refractivity contribution in [1.82, 2.24) is 10.2 Å². The topological polar surface area (TPSA) is 70.4 Å². The first-order valence-electron chi connectivity index (χ1n) is 7.45. The maximum atomic E-state index is 11.9. The molecule has 1 fully saturated rings. The van der Waals surface area contributed by atoms with Crippen molar-refractivity contribution < 1.29 is 4.79 Å². The molecule has 5 nitrogen and oxygen atoms in total. The number of carbonyl (C=O) groups is 1. The first-order valence-corrected chi connectivity index (χ1v) is 8.27. The highest BCUT2D eigenvalue weighted by Crippen LogP contribution is 2.28. The summed E-state index contributed by atoms with van der Waals surface area (Å²) in [6, 6.07) is 1.84. The summed E-state index contributed by atoms with van der Waals surface area (Å²) in [4.78, 5) is 14.9. The summed E-state index contributed by atoms with van der Waals surface area (Å²) in [6.45, 7) is 8.35. The molecule has 2 rings (SSSR count). The number of nitrogens with one attached hydrogen (secondary N) is 2. The Morgan fingerprint density at radius 2 is 2.19 bits per heavy atom. The number of nitrogen functional groups attached to an aromatic ring is 1. The minimum absolute atomic E-state index is 0.138. The van der Waals surface area contributed by atoms with E-state index >= 15 is 0 Å². The lowest BCUT2D eigenvalue weighted by atomic mass is 10.1. The first kappa shape index (κ1) is 15.9. The molecule has 116 valence electrons. The number of anilines is 2. The third-order valence-corrected chi connectivity index (χ3v) is 4.66. The number of amides is 1. The molecule has 0 bridgehead atoms. The average molecular weight is 308 g/mol. The summed E-state index contributed by atoms with van der Waals surface area (Å²) in [6.07, 6.45) is 5.62. The van der Waals surface area contributed by atoms with Gasteiger partial charge in [-0.25, -0.2) is 0 Å². The van der Waals surface area contributed by atoms with Gasteiger partial charge in [0.05, 0.1) is 10.7 Å². The lowest BCUT2D eigenvalue weighted by Gasteiger charge is -2.26. The maximum absolute atomic E-state index is 11.9. The molecular formula is C15H24N4OS. The number of hydrogen-bond donors (Lipinski definition) is 3. The van der Waals surface area contributed by atoms with E-state index in [1.54, 1.807) is 6.08 Å². The number of hydrogen-bond acceptors (Lipinski definition) is 5. The molecule has 6 heteroatoms. The highest BCUT2D eigenvalue weighted by Gasteiger charge is 2.14. The molecule has 0 spiro atoms. The Morgan fingerprint density at radius 3 is 2.90 bits per heavy atom. The number of carbonyl (C=O) groups excluding carboxylic acids is 1. The standard InChI is InChI=1S/C15H24N4OS/c1-2-6-18-15(20)14-12(16)11-13(21-14)17-7-10-19-8-4-3-5-9-19/h2,11,17H,1,3-10,16H2,(H,18,20). The molecule has 0 unspecified atom stereocenters. The van der Waals surface area contributed by atoms with Crippen molar-refractivity contribution in [2.24, 2.45) is 0 Å². The zero-order chi connectivity index (χ0) is 15.1. The SMILES string of the molecule is C=CCNC(=O)c1sc(NCCN2CCCCC2)cc1N. The maximum Gasteiger partial charge on any atom is 0.263 e. The van der Waals surface area contributed by atoms with Crippen molar-refractivity contribution in [2.75, 3.05) is 43.8 Å². The average Bonchev–Trinajstić information content (AvgIpc) is 2.87. The Balaban J connectivity index is 1.80. The van der Waals surface area contributed by atoms with Gasteiger partial charge in [0.15, 0.2) is 0 Å². The van der Waals surface area contributed by atoms with E-state index in [1.165, 1.54) is 43.7 Å². The minimum atomic E-state index is -0.138. The summed E-state index contributed by atoms with van der Waals surface area (Å²) in [5, 5.41) is 7.06. The van der Waals surface area contributed by atoms with Crippen LogP contribution < -0.4 is 16.4 Å². The predicted octanol–water partition coefficient (Wildman–Crippen LogP) is 2.14. The molecular weight excluding hydrogens is 284 g/mol. The molecule has 2 heterocycles. The fraction of sp³-hybridized carbons (Fsp3) is 0.533. The first-order chi connectivity index (χ1) is 10.2. The smallest absolute Gasteiger partial charge is 0.263 e. The van der Waals surface area contributed by atoms with E-state index in [9.17, 15) is 4.79 Å². The molecule has 4 N–H and O–H groups in total. The van der Waals surface area contributed by atoms with Crippen LogP contribution in [0.5, 0.6) is 0 Å². The molecule has 1 amide bonds. The van der Waals surface area contributed by atoms with Crippen LogP contribution in [0.1, 0.15) is 28.9 Å². The zero-order valence-corrected chi connectivity index (χ0v) is 13.2. The van der Waals surface area contributed by atoms with Crippen LogP contribution in [0.3, 0.4) is 0 Å². The third kappa shape index (κ3) is 4.75. The minimum Gasteiger partial charge on any atom is -0.397 e. The van der Waals surface area contributed by atoms with Crippen molar-refractivity contribution in [2.45, 2.75) is 19.3 Å². The Kier molecular flexibility index (Phi) is 6.07. The quantitative estimate of drug-likeness (QED) is 0.675. The molecule has 21 heavy (non-hydrogen) atoms. The second-order valence-electron chi connectivity index (χ2n) is 5.22. The molecule has 0 aromatic carbocycles. The zero-order valence-electron chi connectivity index (χ0n) is 12.4. The molecule has 0 aliphatic carbocycles. The van der Waals surface area contributed by atoms with Gasteiger partial charge in [-0.1, -0.05) is 12.5 Å². The van der Waals surface area contributed by atoms with Crippen molar-refractivity contribution in [3.05, 3.63) is 23.6 Å². The van der Waals surface area contributed by atoms with E-state index in [1.807, 2.05) is 6.07 Å². The van der Waals surface area contributed by atoms with Gasteiger partial charge in [-0.2, -0.15) is 0 Å². The monoisotopic (exact) mass is 308 g/mol. The number of likely N-dealkylation sites (tertiary alicyclic amines) is 1. The Hall–Kier alpha value is -1.53. The van der Waals surface area contributed by atoms with Gasteiger partial charge in [0.2, 0.25) is 0 Å². The molecule has 0 atom stereocenters. The number of rotatable bonds is 7. The Morgan fingerprint density at radius 1 is 1.43 bits per heavy atom. The lowest BCUT2D eigenvalue weighted by Crippen LogP contribution is -2.33. The second kappa shape index (κ2) is 8.05. The summed E-state index contributed by atoms with van der Waals surface area (Å²) in [5.41, 5.74) is 6.43. The van der Waals surface area contributed by atoms with Gasteiger partial charge in [-0.15, -0.1) is 17.9 Å². The number of nitrogens with zero attached hydrogens (tertiary/aromatic N) is 1. The van der Waals surface area contributed by atoms with Gasteiger partial charge in [0.1, 0.15) is 4.88 Å². The van der Waals surface area contributed by atoms with Crippen LogP contribution in [-0.4, -0.2) is 43.5 Å². The number of nitrogens with two attached hydrogens (primary N) is 1. The van der Waals surface area contributed by atoms with E-state index in [-0.39, 0.29) is 5.91 Å². The molecule has 1 saturated heterocycles. The van der Waals surface area contributed by atoms with Gasteiger partial charge in [-0.05, 0) is 32.0 Å². The molecule has 1 aromatic rings. The van der Waals surface area contributed by atoms with E-state index < -0.39 is 0 Å². The van der Waals surface area contributed by atoms with Gasteiger partial charge in [0.25, 0.3) is 5.91 Å². The van der Waals surface area contributed by atoms with Crippen LogP contribution in [-0.2, 0) is 0 Å². The van der Waals surface area contributed by atoms with E-state index in [4.69, 9.17) is 5.73 Å². The van der Waals surface area contributed by atoms with Gasteiger partial charge in [-0.3, -0.25) is 4.79 Å². The van der Waals surface area contributed by atoms with Crippen molar-refractivity contribution >= 4 is 27.9 Å². The summed E-state index contributed by atoms with van der Waals surface area (Å²) in [7, 11) is 0.